The molecule has 0 aromatic rings. The van der Waals surface area contributed by atoms with Gasteiger partial charge in [-0.1, -0.05) is 0 Å². The van der Waals surface area contributed by atoms with Crippen LogP contribution in [0.3, 0.4) is 0 Å². The van der Waals surface area contributed by atoms with Gasteiger partial charge >= 0.3 is 0 Å². The third-order valence-electron chi connectivity index (χ3n) is 1.97. The number of nitrogens with zero attached hydrogens (tertiary/aromatic N) is 3. The van der Waals surface area contributed by atoms with E-state index in [1.807, 2.05) is 0 Å². The van der Waals surface area contributed by atoms with Crippen LogP contribution in [0.25, 0.3) is 0 Å². The molecule has 1 aliphatic rings. The van der Waals surface area contributed by atoms with Crippen LogP contribution in [0.4, 0.5) is 0 Å². The number of hydrogen-bond donors (Lipinski definition) is 3. The quantitative estimate of drug-likeness (QED) is 0.446. The summed E-state index contributed by atoms with van der Waals surface area (Å²) in [5.41, 5.74) is 3.30. The molecule has 74 valence electrons. The Bertz CT molecular complexity index is 476. The summed E-state index contributed by atoms with van der Waals surface area (Å²) in [4.78, 5) is 0. The lowest BCUT2D eigenvalue weighted by molar-refractivity contribution is 0.0832. The van der Waals surface area contributed by atoms with E-state index in [0.29, 0.717) is 0 Å². The maximum atomic E-state index is 9.81. The van der Waals surface area contributed by atoms with Crippen LogP contribution in [-0.2, 0) is 0 Å². The predicted octanol–water partition coefficient (Wildman–Crippen LogP) is -0.664. The fraction of sp³-hybridized carbons (Fsp3) is 0.222. The van der Waals surface area contributed by atoms with Crippen molar-refractivity contribution in [2.24, 2.45) is 5.73 Å². The van der Waals surface area contributed by atoms with Gasteiger partial charge in [0.25, 0.3) is 0 Å². The molecule has 0 aliphatic carbocycles. The Kier molecular flexibility index (Phi) is 2.36. The van der Waals surface area contributed by atoms with E-state index in [0.717, 1.165) is 0 Å². The van der Waals surface area contributed by atoms with Crippen molar-refractivity contribution in [2.75, 3.05) is 0 Å². The molecule has 0 amide bonds. The maximum Gasteiger partial charge on any atom is 0.163 e. The van der Waals surface area contributed by atoms with Gasteiger partial charge in [-0.25, -0.2) is 0 Å². The molecule has 0 bridgehead atoms. The lowest BCUT2D eigenvalue weighted by Gasteiger charge is -2.20. The van der Waals surface area contributed by atoms with E-state index in [1.165, 1.54) is 6.92 Å². The van der Waals surface area contributed by atoms with Crippen LogP contribution in [-0.4, -0.2) is 10.8 Å². The summed E-state index contributed by atoms with van der Waals surface area (Å²) in [6.45, 7) is 1.31. The fourth-order valence-corrected chi connectivity index (χ4v) is 1.39. The van der Waals surface area contributed by atoms with E-state index < -0.39 is 5.72 Å². The van der Waals surface area contributed by atoms with Gasteiger partial charge in [-0.05, 0) is 6.92 Å². The summed E-state index contributed by atoms with van der Waals surface area (Å²) < 4.78 is 0. The van der Waals surface area contributed by atoms with Crippen molar-refractivity contribution in [1.82, 2.24) is 5.32 Å². The zero-order valence-electron chi connectivity index (χ0n) is 7.87. The number of nitrogens with two attached hydrogens (primary N) is 1. The van der Waals surface area contributed by atoms with Crippen molar-refractivity contribution in [3.05, 3.63) is 22.5 Å². The van der Waals surface area contributed by atoms with Crippen molar-refractivity contribution in [3.8, 4) is 18.2 Å². The molecule has 0 saturated carbocycles. The smallest absolute Gasteiger partial charge is 0.163 e. The highest BCUT2D eigenvalue weighted by molar-refractivity contribution is 5.61. The molecule has 1 aliphatic heterocycles. The highest BCUT2D eigenvalue weighted by Crippen LogP contribution is 2.31. The average molecular weight is 201 g/mol. The lowest BCUT2D eigenvalue weighted by atomic mass is 9.96. The van der Waals surface area contributed by atoms with Crippen LogP contribution in [0, 0.1) is 34.0 Å². The Morgan fingerprint density at radius 3 is 2.33 bits per heavy atom. The third kappa shape index (κ3) is 1.48. The van der Waals surface area contributed by atoms with Crippen LogP contribution >= 0.6 is 0 Å². The molecule has 0 radical (unpaired) electrons. The van der Waals surface area contributed by atoms with Crippen molar-refractivity contribution in [3.63, 3.8) is 0 Å². The van der Waals surface area contributed by atoms with Crippen molar-refractivity contribution >= 4 is 0 Å². The van der Waals surface area contributed by atoms with Crippen LogP contribution in [0.2, 0.25) is 0 Å². The molecule has 0 fully saturated rings. The molecule has 15 heavy (non-hydrogen) atoms. The van der Waals surface area contributed by atoms with Crippen LogP contribution in [0.1, 0.15) is 6.92 Å². The second-order valence-corrected chi connectivity index (χ2v) is 3.07. The van der Waals surface area contributed by atoms with Gasteiger partial charge in [0.2, 0.25) is 0 Å². The molecule has 6 nitrogen and oxygen atoms in total. The first-order valence-electron chi connectivity index (χ1n) is 3.93. The molecule has 0 unspecified atom stereocenters. The molecule has 0 aromatic carbocycles. The summed E-state index contributed by atoms with van der Waals surface area (Å²) in [6, 6.07) is 4.96. The summed E-state index contributed by atoms with van der Waals surface area (Å²) in [6.07, 6.45) is 0. The van der Waals surface area contributed by atoms with Gasteiger partial charge in [0.1, 0.15) is 35.2 Å². The second-order valence-electron chi connectivity index (χ2n) is 3.07. The topological polar surface area (TPSA) is 130 Å². The van der Waals surface area contributed by atoms with Crippen molar-refractivity contribution in [1.29, 1.82) is 15.8 Å². The highest BCUT2D eigenvalue weighted by atomic mass is 16.3. The SMILES string of the molecule is C[C@@]1(O)NC(N)=C(C#N)C1=C(C#N)C#N. The Morgan fingerprint density at radius 1 is 1.40 bits per heavy atom. The van der Waals surface area contributed by atoms with Crippen LogP contribution < -0.4 is 11.1 Å². The van der Waals surface area contributed by atoms with E-state index in [-0.39, 0.29) is 22.5 Å². The molecular weight excluding hydrogens is 194 g/mol. The van der Waals surface area contributed by atoms with Gasteiger partial charge in [0, 0.05) is 0 Å². The van der Waals surface area contributed by atoms with E-state index >= 15 is 0 Å². The molecule has 0 saturated heterocycles. The lowest BCUT2D eigenvalue weighted by Crippen LogP contribution is -2.40. The number of allylic oxidation sites excluding steroid dienone is 1. The normalized spacial score (nSPS) is 23.8. The monoisotopic (exact) mass is 201 g/mol. The van der Waals surface area contributed by atoms with Crippen molar-refractivity contribution in [2.45, 2.75) is 12.6 Å². The molecule has 4 N–H and O–H groups in total. The van der Waals surface area contributed by atoms with Gasteiger partial charge in [0.15, 0.2) is 5.72 Å². The zero-order chi connectivity index (χ0) is 11.6. The first kappa shape index (κ1) is 10.6. The minimum Gasteiger partial charge on any atom is -0.384 e. The van der Waals surface area contributed by atoms with E-state index in [9.17, 15) is 5.11 Å². The number of aliphatic hydroxyl groups is 1. The first-order valence-corrected chi connectivity index (χ1v) is 3.93. The largest absolute Gasteiger partial charge is 0.384 e. The van der Waals surface area contributed by atoms with Gasteiger partial charge < -0.3 is 16.2 Å². The Morgan fingerprint density at radius 2 is 1.93 bits per heavy atom. The fourth-order valence-electron chi connectivity index (χ4n) is 1.39. The van der Waals surface area contributed by atoms with Crippen LogP contribution in [0.5, 0.6) is 0 Å². The van der Waals surface area contributed by atoms with Gasteiger partial charge in [-0.3, -0.25) is 0 Å². The van der Waals surface area contributed by atoms with Crippen molar-refractivity contribution < 1.29 is 5.11 Å². The molecule has 0 spiro atoms. The van der Waals surface area contributed by atoms with Gasteiger partial charge in [-0.2, -0.15) is 15.8 Å². The highest BCUT2D eigenvalue weighted by Gasteiger charge is 2.39. The van der Waals surface area contributed by atoms with Gasteiger partial charge in [-0.15, -0.1) is 0 Å². The minimum absolute atomic E-state index is 0.0412. The maximum absolute atomic E-state index is 9.81. The summed E-state index contributed by atoms with van der Waals surface area (Å²) in [5.74, 6) is -0.0412. The van der Waals surface area contributed by atoms with Gasteiger partial charge in [0.05, 0.1) is 5.57 Å². The summed E-state index contributed by atoms with van der Waals surface area (Å²) >= 11 is 0. The Balaban J connectivity index is 3.54. The summed E-state index contributed by atoms with van der Waals surface area (Å²) in [5, 5.41) is 38.4. The standard InChI is InChI=1S/C9H7N5O/c1-9(15)7(5(2-10)3-11)6(4-12)8(13)14-9/h14-15H,13H2,1H3/t9-/m0/s1. The molecule has 1 heterocycles. The first-order chi connectivity index (χ1) is 6.97. The number of rotatable bonds is 0. The molecule has 1 atom stereocenters. The molecule has 0 aromatic heterocycles. The van der Waals surface area contributed by atoms with E-state index in [1.54, 1.807) is 18.2 Å². The molecule has 6 heteroatoms. The zero-order valence-corrected chi connectivity index (χ0v) is 7.87. The number of nitrogens with one attached hydrogen (secondary N) is 1. The molecular formula is C9H7N5O. The average Bonchev–Trinajstić information content (AvgIpc) is 2.39. The predicted molar refractivity (Wildman–Crippen MR) is 48.8 cm³/mol. The Hall–Kier alpha value is -2.49. The van der Waals surface area contributed by atoms with Crippen LogP contribution in [0.15, 0.2) is 22.5 Å². The van der Waals surface area contributed by atoms with E-state index in [2.05, 4.69) is 5.32 Å². The molecule has 1 rings (SSSR count). The second kappa shape index (κ2) is 3.34. The summed E-state index contributed by atoms with van der Waals surface area (Å²) in [7, 11) is 0. The third-order valence-corrected chi connectivity index (χ3v) is 1.97. The number of hydrogen-bond acceptors (Lipinski definition) is 6. The number of nitriles is 3. The minimum atomic E-state index is -1.66. The Labute approximate surface area is 86.1 Å². The van der Waals surface area contributed by atoms with E-state index in [4.69, 9.17) is 21.5 Å².